The normalized spacial score (nSPS) is 12.2. The zero-order valence-electron chi connectivity index (χ0n) is 13.5. The molecule has 4 heteroatoms. The molecule has 0 amide bonds. The molecule has 1 N–H and O–H groups in total. The highest BCUT2D eigenvalue weighted by Gasteiger charge is 2.17. The molecule has 1 rings (SSSR count). The first kappa shape index (κ1) is 17.5. The Labute approximate surface area is 127 Å². The van der Waals surface area contributed by atoms with Gasteiger partial charge in [-0.05, 0) is 51.4 Å². The molecule has 1 aromatic rings. The molecule has 0 aromatic heterocycles. The van der Waals surface area contributed by atoms with Crippen molar-refractivity contribution in [1.29, 1.82) is 0 Å². The predicted molar refractivity (Wildman–Crippen MR) is 84.5 cm³/mol. The fourth-order valence-corrected chi connectivity index (χ4v) is 2.09. The number of nitrogens with one attached hydrogen (secondary N) is 1. The minimum Gasteiger partial charge on any atom is -0.491 e. The molecule has 118 valence electrons. The van der Waals surface area contributed by atoms with Crippen molar-refractivity contribution >= 4 is 5.97 Å². The Kier molecular flexibility index (Phi) is 7.83. The van der Waals surface area contributed by atoms with E-state index in [4.69, 9.17) is 9.47 Å². The Morgan fingerprint density at radius 1 is 1.29 bits per heavy atom. The van der Waals surface area contributed by atoms with Crippen LogP contribution in [-0.4, -0.2) is 25.2 Å². The number of ether oxygens (including phenoxy) is 2. The van der Waals surface area contributed by atoms with Crippen molar-refractivity contribution in [1.82, 2.24) is 5.32 Å². The average molecular weight is 293 g/mol. The smallest absolute Gasteiger partial charge is 0.307 e. The lowest BCUT2D eigenvalue weighted by atomic mass is 10.0. The minimum absolute atomic E-state index is 0.0419. The van der Waals surface area contributed by atoms with E-state index < -0.39 is 0 Å². The van der Waals surface area contributed by atoms with Gasteiger partial charge in [0.25, 0.3) is 0 Å². The van der Waals surface area contributed by atoms with Crippen molar-refractivity contribution in [3.8, 4) is 5.75 Å². The lowest BCUT2D eigenvalue weighted by molar-refractivity contribution is -0.143. The van der Waals surface area contributed by atoms with Gasteiger partial charge in [0, 0.05) is 6.04 Å². The van der Waals surface area contributed by atoms with Crippen molar-refractivity contribution in [2.24, 2.45) is 0 Å². The van der Waals surface area contributed by atoms with Gasteiger partial charge in [-0.3, -0.25) is 4.79 Å². The van der Waals surface area contributed by atoms with Gasteiger partial charge < -0.3 is 14.8 Å². The summed E-state index contributed by atoms with van der Waals surface area (Å²) in [4.78, 5) is 11.8. The van der Waals surface area contributed by atoms with E-state index in [1.807, 2.05) is 45.0 Å². The van der Waals surface area contributed by atoms with Crippen LogP contribution in [0, 0.1) is 0 Å². The van der Waals surface area contributed by atoms with Gasteiger partial charge in [0.15, 0.2) is 0 Å². The number of benzene rings is 1. The van der Waals surface area contributed by atoms with Gasteiger partial charge in [0.1, 0.15) is 5.75 Å². The fourth-order valence-electron chi connectivity index (χ4n) is 2.09. The number of hydrogen-bond donors (Lipinski definition) is 1. The summed E-state index contributed by atoms with van der Waals surface area (Å²) in [6.45, 7) is 9.20. The van der Waals surface area contributed by atoms with Crippen molar-refractivity contribution in [3.05, 3.63) is 29.8 Å². The van der Waals surface area contributed by atoms with Crippen LogP contribution >= 0.6 is 0 Å². The number of carbonyl (C=O) groups excluding carboxylic acids is 1. The molecule has 0 saturated heterocycles. The van der Waals surface area contributed by atoms with Crippen LogP contribution in [0.25, 0.3) is 0 Å². The summed E-state index contributed by atoms with van der Waals surface area (Å²) < 4.78 is 10.8. The van der Waals surface area contributed by atoms with Gasteiger partial charge >= 0.3 is 5.97 Å². The number of rotatable bonds is 9. The first-order chi connectivity index (χ1) is 10.1. The summed E-state index contributed by atoms with van der Waals surface area (Å²) in [6, 6.07) is 7.86. The molecule has 1 unspecified atom stereocenters. The molecular weight excluding hydrogens is 266 g/mol. The van der Waals surface area contributed by atoms with Crippen LogP contribution in [0.3, 0.4) is 0 Å². The Hall–Kier alpha value is -1.55. The quantitative estimate of drug-likeness (QED) is 0.708. The van der Waals surface area contributed by atoms with E-state index in [0.29, 0.717) is 13.0 Å². The average Bonchev–Trinajstić information content (AvgIpc) is 2.43. The molecule has 0 radical (unpaired) electrons. The third kappa shape index (κ3) is 6.63. The molecule has 0 fully saturated rings. The molecule has 4 nitrogen and oxygen atoms in total. The highest BCUT2D eigenvalue weighted by molar-refractivity contribution is 5.70. The van der Waals surface area contributed by atoms with E-state index in [-0.39, 0.29) is 18.1 Å². The van der Waals surface area contributed by atoms with Crippen LogP contribution < -0.4 is 10.1 Å². The predicted octanol–water partition coefficient (Wildman–Crippen LogP) is 3.47. The maximum Gasteiger partial charge on any atom is 0.307 e. The first-order valence-corrected chi connectivity index (χ1v) is 7.72. The van der Waals surface area contributed by atoms with E-state index in [2.05, 4.69) is 12.2 Å². The van der Waals surface area contributed by atoms with Crippen LogP contribution in [0.1, 0.15) is 52.1 Å². The van der Waals surface area contributed by atoms with Crippen LogP contribution in [0.4, 0.5) is 0 Å². The summed E-state index contributed by atoms with van der Waals surface area (Å²) >= 11 is 0. The number of hydrogen-bond acceptors (Lipinski definition) is 4. The fraction of sp³-hybridized carbons (Fsp3) is 0.588. The van der Waals surface area contributed by atoms with Gasteiger partial charge in [0.05, 0.1) is 19.1 Å². The van der Waals surface area contributed by atoms with Crippen molar-refractivity contribution < 1.29 is 14.3 Å². The Morgan fingerprint density at radius 3 is 2.67 bits per heavy atom. The molecule has 0 spiro atoms. The highest BCUT2D eigenvalue weighted by atomic mass is 16.5. The van der Waals surface area contributed by atoms with Crippen molar-refractivity contribution in [2.75, 3.05) is 13.2 Å². The van der Waals surface area contributed by atoms with Gasteiger partial charge in [-0.2, -0.15) is 0 Å². The van der Waals surface area contributed by atoms with Gasteiger partial charge in [-0.1, -0.05) is 19.1 Å². The van der Waals surface area contributed by atoms with Crippen LogP contribution in [0.15, 0.2) is 24.3 Å². The maximum atomic E-state index is 11.8. The Morgan fingerprint density at radius 2 is 2.05 bits per heavy atom. The topological polar surface area (TPSA) is 47.6 Å². The lowest BCUT2D eigenvalue weighted by Gasteiger charge is -2.19. The van der Waals surface area contributed by atoms with E-state index in [1.165, 1.54) is 0 Å². The summed E-state index contributed by atoms with van der Waals surface area (Å²) in [5.41, 5.74) is 1.05. The third-order valence-corrected chi connectivity index (χ3v) is 2.95. The van der Waals surface area contributed by atoms with E-state index in [0.717, 1.165) is 24.3 Å². The largest absolute Gasteiger partial charge is 0.491 e. The first-order valence-electron chi connectivity index (χ1n) is 7.72. The summed E-state index contributed by atoms with van der Waals surface area (Å²) in [5.74, 6) is 0.649. The molecule has 0 aliphatic carbocycles. The third-order valence-electron chi connectivity index (χ3n) is 2.95. The SMILES string of the molecule is CCCNC(CC(=O)OCC)c1cccc(OC(C)C)c1. The molecule has 21 heavy (non-hydrogen) atoms. The molecular formula is C17H27NO3. The molecule has 0 heterocycles. The van der Waals surface area contributed by atoms with Crippen LogP contribution in [-0.2, 0) is 9.53 Å². The summed E-state index contributed by atoms with van der Waals surface area (Å²) in [7, 11) is 0. The monoisotopic (exact) mass is 293 g/mol. The number of carbonyl (C=O) groups is 1. The van der Waals surface area contributed by atoms with Crippen molar-refractivity contribution in [3.63, 3.8) is 0 Å². The molecule has 1 atom stereocenters. The maximum absolute atomic E-state index is 11.8. The molecule has 0 saturated carbocycles. The zero-order chi connectivity index (χ0) is 15.7. The second-order valence-electron chi connectivity index (χ2n) is 5.25. The Balaban J connectivity index is 2.83. The van der Waals surface area contributed by atoms with Gasteiger partial charge in [-0.15, -0.1) is 0 Å². The standard InChI is InChI=1S/C17H27NO3/c1-5-10-18-16(12-17(19)20-6-2)14-8-7-9-15(11-14)21-13(3)4/h7-9,11,13,16,18H,5-6,10,12H2,1-4H3. The van der Waals surface area contributed by atoms with Gasteiger partial charge in [0.2, 0.25) is 0 Å². The second-order valence-corrected chi connectivity index (χ2v) is 5.25. The van der Waals surface area contributed by atoms with Crippen LogP contribution in [0.2, 0.25) is 0 Å². The van der Waals surface area contributed by atoms with E-state index >= 15 is 0 Å². The molecule has 0 bridgehead atoms. The highest BCUT2D eigenvalue weighted by Crippen LogP contribution is 2.23. The second kappa shape index (κ2) is 9.40. The van der Waals surface area contributed by atoms with Gasteiger partial charge in [-0.25, -0.2) is 0 Å². The van der Waals surface area contributed by atoms with E-state index in [1.54, 1.807) is 0 Å². The summed E-state index contributed by atoms with van der Waals surface area (Å²) in [5, 5.41) is 3.40. The molecule has 0 aliphatic heterocycles. The Bertz CT molecular complexity index is 432. The summed E-state index contributed by atoms with van der Waals surface area (Å²) in [6.07, 6.45) is 1.48. The lowest BCUT2D eigenvalue weighted by Crippen LogP contribution is -2.25. The van der Waals surface area contributed by atoms with Crippen molar-refractivity contribution in [2.45, 2.75) is 52.7 Å². The number of esters is 1. The van der Waals surface area contributed by atoms with Crippen LogP contribution in [0.5, 0.6) is 5.75 Å². The molecule has 0 aliphatic rings. The zero-order valence-corrected chi connectivity index (χ0v) is 13.5. The van der Waals surface area contributed by atoms with E-state index in [9.17, 15) is 4.79 Å². The minimum atomic E-state index is -0.179. The molecule has 1 aromatic carbocycles.